The minimum atomic E-state index is -1.03. The van der Waals surface area contributed by atoms with Crippen molar-refractivity contribution in [2.75, 3.05) is 13.7 Å². The number of aliphatic hydroxyl groups is 1. The molecule has 6 heteroatoms. The maximum absolute atomic E-state index is 13.4. The second kappa shape index (κ2) is 8.06. The quantitative estimate of drug-likeness (QED) is 0.851. The summed E-state index contributed by atoms with van der Waals surface area (Å²) in [5, 5.41) is 12.7. The average molecular weight is 338 g/mol. The molecule has 0 saturated heterocycles. The lowest BCUT2D eigenvalue weighted by atomic mass is 10.1. The Labute approximate surface area is 138 Å². The molecule has 0 heterocycles. The number of aliphatic hydroxyl groups excluding tert-OH is 1. The fourth-order valence-corrected chi connectivity index (χ4v) is 2.26. The van der Waals surface area contributed by atoms with Gasteiger partial charge in [-0.2, -0.15) is 0 Å². The maximum atomic E-state index is 13.4. The van der Waals surface area contributed by atoms with Crippen LogP contribution < -0.4 is 5.32 Å². The van der Waals surface area contributed by atoms with Crippen molar-refractivity contribution < 1.29 is 19.0 Å². The number of carbonyl (C=O) groups excluding carboxylic acids is 1. The number of rotatable bonds is 6. The summed E-state index contributed by atoms with van der Waals surface area (Å²) in [5.41, 5.74) is 1.57. The van der Waals surface area contributed by atoms with Crippen LogP contribution in [0.2, 0.25) is 5.02 Å². The molecule has 2 aromatic rings. The Morgan fingerprint density at radius 2 is 2.09 bits per heavy atom. The fraction of sp³-hybridized carbons (Fsp3) is 0.235. The molecule has 0 aliphatic rings. The van der Waals surface area contributed by atoms with E-state index in [4.69, 9.17) is 16.3 Å². The van der Waals surface area contributed by atoms with E-state index in [0.717, 1.165) is 11.6 Å². The van der Waals surface area contributed by atoms with Gasteiger partial charge < -0.3 is 15.2 Å². The van der Waals surface area contributed by atoms with Crippen molar-refractivity contribution in [3.05, 3.63) is 70.0 Å². The highest BCUT2D eigenvalue weighted by molar-refractivity contribution is 6.30. The van der Waals surface area contributed by atoms with Crippen molar-refractivity contribution >= 4 is 17.5 Å². The highest BCUT2D eigenvalue weighted by Gasteiger charge is 2.14. The Kier molecular flexibility index (Phi) is 6.10. The number of halogens is 2. The summed E-state index contributed by atoms with van der Waals surface area (Å²) >= 11 is 5.60. The zero-order valence-electron chi connectivity index (χ0n) is 12.6. The molecular formula is C17H17ClFNO3. The monoisotopic (exact) mass is 337 g/mol. The van der Waals surface area contributed by atoms with Crippen LogP contribution in [0.4, 0.5) is 4.39 Å². The van der Waals surface area contributed by atoms with Gasteiger partial charge in [0.25, 0.3) is 5.91 Å². The summed E-state index contributed by atoms with van der Waals surface area (Å²) in [7, 11) is 1.55. The second-order valence-corrected chi connectivity index (χ2v) is 5.40. The van der Waals surface area contributed by atoms with Crippen LogP contribution in [0.25, 0.3) is 0 Å². The summed E-state index contributed by atoms with van der Waals surface area (Å²) in [6.45, 7) is 0.274. The van der Waals surface area contributed by atoms with Gasteiger partial charge >= 0.3 is 0 Å². The lowest BCUT2D eigenvalue weighted by Gasteiger charge is -2.14. The number of benzene rings is 2. The largest absolute Gasteiger partial charge is 0.387 e. The number of hydrogen-bond donors (Lipinski definition) is 2. The minimum absolute atomic E-state index is 0.0153. The van der Waals surface area contributed by atoms with Crippen molar-refractivity contribution in [1.82, 2.24) is 5.32 Å². The van der Waals surface area contributed by atoms with Crippen LogP contribution in [0.1, 0.15) is 27.6 Å². The first-order valence-electron chi connectivity index (χ1n) is 7.01. The van der Waals surface area contributed by atoms with E-state index in [0.29, 0.717) is 17.7 Å². The molecule has 2 rings (SSSR count). The number of amides is 1. The molecule has 0 bridgehead atoms. The van der Waals surface area contributed by atoms with Gasteiger partial charge in [0.15, 0.2) is 0 Å². The molecule has 1 amide bonds. The Bertz CT molecular complexity index is 693. The van der Waals surface area contributed by atoms with E-state index >= 15 is 0 Å². The predicted octanol–water partition coefficient (Wildman–Crippen LogP) is 3.09. The first-order chi connectivity index (χ1) is 11.0. The standard InChI is InChI=1S/C17H17ClFNO3/c1-23-10-12-4-2-3-5-13(12)17(22)20-9-16(21)11-6-7-14(18)15(19)8-11/h2-8,16,21H,9-10H2,1H3,(H,20,22)/t16-/m0/s1. The zero-order chi connectivity index (χ0) is 16.8. The highest BCUT2D eigenvalue weighted by atomic mass is 35.5. The lowest BCUT2D eigenvalue weighted by molar-refractivity contribution is 0.0911. The van der Waals surface area contributed by atoms with Gasteiger partial charge in [0.05, 0.1) is 17.7 Å². The number of methoxy groups -OCH3 is 1. The van der Waals surface area contributed by atoms with Crippen LogP contribution in [-0.4, -0.2) is 24.7 Å². The SMILES string of the molecule is COCc1ccccc1C(=O)NC[C@H](O)c1ccc(Cl)c(F)c1. The third-order valence-corrected chi connectivity index (χ3v) is 3.65. The lowest BCUT2D eigenvalue weighted by Crippen LogP contribution is -2.29. The fourth-order valence-electron chi connectivity index (χ4n) is 2.15. The average Bonchev–Trinajstić information content (AvgIpc) is 2.55. The predicted molar refractivity (Wildman–Crippen MR) is 85.9 cm³/mol. The molecule has 2 N–H and O–H groups in total. The van der Waals surface area contributed by atoms with Gasteiger partial charge in [0.1, 0.15) is 5.82 Å². The van der Waals surface area contributed by atoms with Gasteiger partial charge in [-0.3, -0.25) is 4.79 Å². The first kappa shape index (κ1) is 17.4. The van der Waals surface area contributed by atoms with Gasteiger partial charge in [0, 0.05) is 19.2 Å². The Morgan fingerprint density at radius 1 is 1.35 bits per heavy atom. The molecule has 2 aromatic carbocycles. The highest BCUT2D eigenvalue weighted by Crippen LogP contribution is 2.20. The molecule has 0 fully saturated rings. The van der Waals surface area contributed by atoms with E-state index in [1.54, 1.807) is 25.3 Å². The van der Waals surface area contributed by atoms with E-state index in [-0.39, 0.29) is 17.5 Å². The molecular weight excluding hydrogens is 321 g/mol. The molecule has 0 spiro atoms. The molecule has 0 aromatic heterocycles. The summed E-state index contributed by atoms with van der Waals surface area (Å²) in [5.74, 6) is -0.939. The molecule has 122 valence electrons. The van der Waals surface area contributed by atoms with E-state index in [1.807, 2.05) is 6.07 Å². The number of carbonyl (C=O) groups is 1. The van der Waals surface area contributed by atoms with Crippen molar-refractivity contribution in [3.63, 3.8) is 0 Å². The first-order valence-corrected chi connectivity index (χ1v) is 7.38. The second-order valence-electron chi connectivity index (χ2n) is 4.99. The van der Waals surface area contributed by atoms with Crippen LogP contribution in [-0.2, 0) is 11.3 Å². The number of ether oxygens (including phenoxy) is 1. The molecule has 0 radical (unpaired) electrons. The third kappa shape index (κ3) is 4.51. The topological polar surface area (TPSA) is 58.6 Å². The number of hydrogen-bond acceptors (Lipinski definition) is 3. The van der Waals surface area contributed by atoms with Crippen LogP contribution in [0.15, 0.2) is 42.5 Å². The van der Waals surface area contributed by atoms with E-state index in [1.165, 1.54) is 12.1 Å². The molecule has 4 nitrogen and oxygen atoms in total. The molecule has 0 aliphatic carbocycles. The number of nitrogens with one attached hydrogen (secondary N) is 1. The zero-order valence-corrected chi connectivity index (χ0v) is 13.3. The Hall–Kier alpha value is -1.95. The maximum Gasteiger partial charge on any atom is 0.251 e. The molecule has 0 saturated carbocycles. The third-order valence-electron chi connectivity index (χ3n) is 3.35. The van der Waals surface area contributed by atoms with Crippen LogP contribution in [0.5, 0.6) is 0 Å². The van der Waals surface area contributed by atoms with Crippen molar-refractivity contribution in [3.8, 4) is 0 Å². The van der Waals surface area contributed by atoms with Gasteiger partial charge in [-0.05, 0) is 29.3 Å². The Morgan fingerprint density at radius 3 is 2.78 bits per heavy atom. The van der Waals surface area contributed by atoms with E-state index in [9.17, 15) is 14.3 Å². The van der Waals surface area contributed by atoms with Gasteiger partial charge in [-0.1, -0.05) is 35.9 Å². The van der Waals surface area contributed by atoms with Crippen LogP contribution >= 0.6 is 11.6 Å². The Balaban J connectivity index is 2.02. The summed E-state index contributed by atoms with van der Waals surface area (Å²) < 4.78 is 18.5. The summed E-state index contributed by atoms with van der Waals surface area (Å²) in [6.07, 6.45) is -1.03. The van der Waals surface area contributed by atoms with Crippen molar-refractivity contribution in [2.24, 2.45) is 0 Å². The molecule has 0 aliphatic heterocycles. The molecule has 0 unspecified atom stereocenters. The summed E-state index contributed by atoms with van der Waals surface area (Å²) in [4.78, 5) is 12.2. The van der Waals surface area contributed by atoms with E-state index < -0.39 is 11.9 Å². The van der Waals surface area contributed by atoms with E-state index in [2.05, 4.69) is 5.32 Å². The summed E-state index contributed by atoms with van der Waals surface area (Å²) in [6, 6.07) is 11.1. The minimum Gasteiger partial charge on any atom is -0.387 e. The van der Waals surface area contributed by atoms with Gasteiger partial charge in [-0.15, -0.1) is 0 Å². The normalized spacial score (nSPS) is 12.0. The van der Waals surface area contributed by atoms with Crippen molar-refractivity contribution in [2.45, 2.75) is 12.7 Å². The van der Waals surface area contributed by atoms with Crippen molar-refractivity contribution in [1.29, 1.82) is 0 Å². The van der Waals surface area contributed by atoms with Crippen LogP contribution in [0, 0.1) is 5.82 Å². The smallest absolute Gasteiger partial charge is 0.251 e. The van der Waals surface area contributed by atoms with Gasteiger partial charge in [-0.25, -0.2) is 4.39 Å². The molecule has 1 atom stereocenters. The van der Waals surface area contributed by atoms with Crippen LogP contribution in [0.3, 0.4) is 0 Å². The van der Waals surface area contributed by atoms with Gasteiger partial charge in [0.2, 0.25) is 0 Å². The molecule has 23 heavy (non-hydrogen) atoms.